The molecule has 1 nitrogen and oxygen atoms in total. The lowest BCUT2D eigenvalue weighted by Crippen LogP contribution is -2.36. The first-order chi connectivity index (χ1) is 6.18. The third kappa shape index (κ3) is 1.60. The van der Waals surface area contributed by atoms with Crippen LogP contribution in [0.1, 0.15) is 18.0 Å². The first-order valence-corrected chi connectivity index (χ1v) is 4.85. The minimum atomic E-state index is -0.482. The van der Waals surface area contributed by atoms with E-state index in [0.717, 1.165) is 13.0 Å². The van der Waals surface area contributed by atoms with Gasteiger partial charge in [0, 0.05) is 16.1 Å². The molecule has 70 valence electrons. The number of nitrogens with one attached hydrogen (secondary N) is 1. The quantitative estimate of drug-likeness (QED) is 0.805. The normalized spacial score (nSPS) is 21.3. The maximum Gasteiger partial charge on any atom is 0.132 e. The standard InChI is InChI=1S/C9H8BrF2N/c10-5-3-6(11)9(7(12)4-5)8-1-2-13-8/h3-4,8,13H,1-2H2/t8-/m1/s1. The second-order valence-corrected chi connectivity index (χ2v) is 3.99. The fourth-order valence-corrected chi connectivity index (χ4v) is 1.82. The molecule has 2 rings (SSSR count). The van der Waals surface area contributed by atoms with Gasteiger partial charge in [-0.15, -0.1) is 0 Å². The Morgan fingerprint density at radius 3 is 2.23 bits per heavy atom. The average Bonchev–Trinajstić information content (AvgIpc) is 1.92. The summed E-state index contributed by atoms with van der Waals surface area (Å²) in [5.41, 5.74) is 0.162. The molecule has 1 aromatic rings. The second kappa shape index (κ2) is 3.35. The van der Waals surface area contributed by atoms with Crippen molar-refractivity contribution in [3.8, 4) is 0 Å². The van der Waals surface area contributed by atoms with Crippen molar-refractivity contribution in [3.05, 3.63) is 33.8 Å². The van der Waals surface area contributed by atoms with Crippen LogP contribution in [0.3, 0.4) is 0 Å². The highest BCUT2D eigenvalue weighted by Crippen LogP contribution is 2.29. The Hall–Kier alpha value is -0.480. The minimum Gasteiger partial charge on any atom is -0.310 e. The Bertz CT molecular complexity index is 313. The number of hydrogen-bond donors (Lipinski definition) is 1. The van der Waals surface area contributed by atoms with E-state index in [4.69, 9.17) is 0 Å². The predicted molar refractivity (Wildman–Crippen MR) is 49.4 cm³/mol. The van der Waals surface area contributed by atoms with Crippen LogP contribution in [0.15, 0.2) is 16.6 Å². The maximum atomic E-state index is 13.3. The summed E-state index contributed by atoms with van der Waals surface area (Å²) in [7, 11) is 0. The van der Waals surface area contributed by atoms with E-state index < -0.39 is 11.6 Å². The molecule has 0 saturated carbocycles. The minimum absolute atomic E-state index is 0.145. The van der Waals surface area contributed by atoms with Crippen molar-refractivity contribution in [1.29, 1.82) is 0 Å². The molecule has 0 unspecified atom stereocenters. The SMILES string of the molecule is Fc1cc(Br)cc(F)c1[C@H]1CCN1. The molecule has 1 heterocycles. The van der Waals surface area contributed by atoms with Crippen LogP contribution in [0.2, 0.25) is 0 Å². The third-order valence-corrected chi connectivity index (χ3v) is 2.67. The molecule has 0 radical (unpaired) electrons. The summed E-state index contributed by atoms with van der Waals surface area (Å²) in [4.78, 5) is 0. The lowest BCUT2D eigenvalue weighted by atomic mass is 9.97. The van der Waals surface area contributed by atoms with Gasteiger partial charge in [0.15, 0.2) is 0 Å². The molecule has 0 spiro atoms. The van der Waals surface area contributed by atoms with Crippen molar-refractivity contribution < 1.29 is 8.78 Å². The van der Waals surface area contributed by atoms with Gasteiger partial charge in [-0.05, 0) is 25.1 Å². The molecule has 1 fully saturated rings. The van der Waals surface area contributed by atoms with Gasteiger partial charge in [-0.2, -0.15) is 0 Å². The molecule has 1 aromatic carbocycles. The first kappa shape index (κ1) is 9.09. The van der Waals surface area contributed by atoms with E-state index >= 15 is 0 Å². The zero-order valence-corrected chi connectivity index (χ0v) is 8.37. The molecule has 1 aliphatic rings. The summed E-state index contributed by atoms with van der Waals surface area (Å²) in [6.45, 7) is 0.833. The first-order valence-electron chi connectivity index (χ1n) is 4.06. The molecule has 0 amide bonds. The van der Waals surface area contributed by atoms with Crippen molar-refractivity contribution in [2.24, 2.45) is 0 Å². The topological polar surface area (TPSA) is 12.0 Å². The van der Waals surface area contributed by atoms with Gasteiger partial charge in [0.1, 0.15) is 11.6 Å². The summed E-state index contributed by atoms with van der Waals surface area (Å²) >= 11 is 3.04. The van der Waals surface area contributed by atoms with Gasteiger partial charge in [-0.25, -0.2) is 8.78 Å². The summed E-state index contributed by atoms with van der Waals surface area (Å²) in [5.74, 6) is -0.965. The Labute approximate surface area is 83.3 Å². The van der Waals surface area contributed by atoms with Crippen molar-refractivity contribution in [2.45, 2.75) is 12.5 Å². The number of hydrogen-bond acceptors (Lipinski definition) is 1. The van der Waals surface area contributed by atoms with E-state index in [1.165, 1.54) is 12.1 Å². The smallest absolute Gasteiger partial charge is 0.132 e. The molecular formula is C9H8BrF2N. The van der Waals surface area contributed by atoms with Gasteiger partial charge in [-0.3, -0.25) is 0 Å². The van der Waals surface area contributed by atoms with E-state index in [-0.39, 0.29) is 11.6 Å². The van der Waals surface area contributed by atoms with Gasteiger partial charge in [0.2, 0.25) is 0 Å². The Balaban J connectivity index is 2.43. The highest BCUT2D eigenvalue weighted by atomic mass is 79.9. The van der Waals surface area contributed by atoms with E-state index in [0.29, 0.717) is 4.47 Å². The molecule has 13 heavy (non-hydrogen) atoms. The van der Waals surface area contributed by atoms with Gasteiger partial charge in [0.05, 0.1) is 0 Å². The van der Waals surface area contributed by atoms with Crippen LogP contribution >= 0.6 is 15.9 Å². The highest BCUT2D eigenvalue weighted by molar-refractivity contribution is 9.10. The number of halogens is 3. The second-order valence-electron chi connectivity index (χ2n) is 3.08. The molecule has 1 N–H and O–H groups in total. The van der Waals surface area contributed by atoms with Crippen molar-refractivity contribution in [3.63, 3.8) is 0 Å². The van der Waals surface area contributed by atoms with E-state index in [9.17, 15) is 8.78 Å². The van der Waals surface area contributed by atoms with Gasteiger partial charge in [-0.1, -0.05) is 15.9 Å². The predicted octanol–water partition coefficient (Wildman–Crippen LogP) is 2.76. The summed E-state index contributed by atoms with van der Waals surface area (Å²) < 4.78 is 27.0. The van der Waals surface area contributed by atoms with Crippen LogP contribution in [0, 0.1) is 11.6 Å². The third-order valence-electron chi connectivity index (χ3n) is 2.22. The molecule has 1 saturated heterocycles. The highest BCUT2D eigenvalue weighted by Gasteiger charge is 2.25. The van der Waals surface area contributed by atoms with Crippen LogP contribution < -0.4 is 5.32 Å². The average molecular weight is 248 g/mol. The monoisotopic (exact) mass is 247 g/mol. The molecule has 0 aliphatic carbocycles. The fourth-order valence-electron chi connectivity index (χ4n) is 1.42. The molecule has 1 atom stereocenters. The lowest BCUT2D eigenvalue weighted by Gasteiger charge is -2.28. The summed E-state index contributed by atoms with van der Waals surface area (Å²) in [6, 6.07) is 2.43. The zero-order chi connectivity index (χ0) is 9.42. The Kier molecular flexibility index (Phi) is 2.34. The van der Waals surface area contributed by atoms with Crippen molar-refractivity contribution in [2.75, 3.05) is 6.54 Å². The summed E-state index contributed by atoms with van der Waals surface area (Å²) in [5, 5.41) is 2.97. The van der Waals surface area contributed by atoms with Crippen molar-refractivity contribution >= 4 is 15.9 Å². The molecule has 4 heteroatoms. The van der Waals surface area contributed by atoms with Crippen LogP contribution in [-0.4, -0.2) is 6.54 Å². The fraction of sp³-hybridized carbons (Fsp3) is 0.333. The maximum absolute atomic E-state index is 13.3. The molecule has 1 aliphatic heterocycles. The van der Waals surface area contributed by atoms with E-state index in [1.54, 1.807) is 0 Å². The van der Waals surface area contributed by atoms with Crippen LogP contribution in [-0.2, 0) is 0 Å². The Morgan fingerprint density at radius 1 is 1.31 bits per heavy atom. The van der Waals surface area contributed by atoms with E-state index in [1.807, 2.05) is 0 Å². The molecule has 0 aromatic heterocycles. The number of rotatable bonds is 1. The summed E-state index contributed by atoms with van der Waals surface area (Å²) in [6.07, 6.45) is 0.801. The van der Waals surface area contributed by atoms with Crippen LogP contribution in [0.4, 0.5) is 8.78 Å². The zero-order valence-electron chi connectivity index (χ0n) is 6.78. The van der Waals surface area contributed by atoms with Crippen LogP contribution in [0.25, 0.3) is 0 Å². The molecule has 0 bridgehead atoms. The van der Waals surface area contributed by atoms with Gasteiger partial charge in [0.25, 0.3) is 0 Å². The van der Waals surface area contributed by atoms with Gasteiger partial charge >= 0.3 is 0 Å². The largest absolute Gasteiger partial charge is 0.310 e. The van der Waals surface area contributed by atoms with Crippen LogP contribution in [0.5, 0.6) is 0 Å². The van der Waals surface area contributed by atoms with E-state index in [2.05, 4.69) is 21.2 Å². The molecular weight excluding hydrogens is 240 g/mol. The van der Waals surface area contributed by atoms with Crippen molar-refractivity contribution in [1.82, 2.24) is 5.32 Å². The number of benzene rings is 1. The van der Waals surface area contributed by atoms with Gasteiger partial charge < -0.3 is 5.32 Å². The lowest BCUT2D eigenvalue weighted by molar-refractivity contribution is 0.355. The Morgan fingerprint density at radius 2 is 1.85 bits per heavy atom.